The van der Waals surface area contributed by atoms with Crippen LogP contribution in [-0.4, -0.2) is 47.8 Å². The molecule has 128 valence electrons. The summed E-state index contributed by atoms with van der Waals surface area (Å²) in [5.41, 5.74) is -0.693. The van der Waals surface area contributed by atoms with Crippen LogP contribution in [0.4, 0.5) is 18.0 Å². The molecule has 0 saturated carbocycles. The summed E-state index contributed by atoms with van der Waals surface area (Å²) in [7, 11) is 0. The lowest BCUT2D eigenvalue weighted by molar-refractivity contribution is -0.187. The number of amides is 2. The number of alkyl carbamates (subject to hydrolysis) is 1. The fourth-order valence-electron chi connectivity index (χ4n) is 2.48. The third-order valence-electron chi connectivity index (χ3n) is 3.51. The van der Waals surface area contributed by atoms with E-state index in [-0.39, 0.29) is 19.0 Å². The number of carbonyl (C=O) groups excluding carboxylic acids is 2. The van der Waals surface area contributed by atoms with Crippen molar-refractivity contribution in [3.05, 3.63) is 0 Å². The number of rotatable bonds is 2. The molecule has 0 radical (unpaired) electrons. The Balaban J connectivity index is 2.72. The van der Waals surface area contributed by atoms with Crippen LogP contribution in [0.1, 0.15) is 40.5 Å². The first-order valence-electron chi connectivity index (χ1n) is 7.29. The Hall–Kier alpha value is -1.47. The van der Waals surface area contributed by atoms with Crippen LogP contribution in [0.3, 0.4) is 0 Å². The number of likely N-dealkylation sites (tertiary alicyclic amines) is 1. The SMILES string of the molecule is CCC1CCN(C(=O)C(F)(F)F)CC1NC(=O)OC(C)(C)C. The van der Waals surface area contributed by atoms with Gasteiger partial charge in [-0.3, -0.25) is 4.79 Å². The summed E-state index contributed by atoms with van der Waals surface area (Å²) < 4.78 is 42.7. The Bertz CT molecular complexity index is 419. The van der Waals surface area contributed by atoms with Crippen molar-refractivity contribution >= 4 is 12.0 Å². The van der Waals surface area contributed by atoms with Crippen LogP contribution in [0.15, 0.2) is 0 Å². The third-order valence-corrected chi connectivity index (χ3v) is 3.51. The molecule has 0 aromatic carbocycles. The number of hydrogen-bond acceptors (Lipinski definition) is 3. The molecule has 2 unspecified atom stereocenters. The summed E-state index contributed by atoms with van der Waals surface area (Å²) in [6.07, 6.45) is -4.46. The number of piperidine rings is 1. The van der Waals surface area contributed by atoms with Gasteiger partial charge < -0.3 is 15.0 Å². The van der Waals surface area contributed by atoms with Gasteiger partial charge >= 0.3 is 18.2 Å². The number of alkyl halides is 3. The van der Waals surface area contributed by atoms with Crippen molar-refractivity contribution in [3.8, 4) is 0 Å². The summed E-state index contributed by atoms with van der Waals surface area (Å²) in [6.45, 7) is 6.88. The topological polar surface area (TPSA) is 58.6 Å². The first-order chi connectivity index (χ1) is 9.94. The van der Waals surface area contributed by atoms with Gasteiger partial charge in [0, 0.05) is 13.1 Å². The van der Waals surface area contributed by atoms with Crippen LogP contribution in [0, 0.1) is 5.92 Å². The molecule has 22 heavy (non-hydrogen) atoms. The minimum Gasteiger partial charge on any atom is -0.444 e. The molecule has 5 nitrogen and oxygen atoms in total. The molecule has 0 aliphatic carbocycles. The van der Waals surface area contributed by atoms with Gasteiger partial charge in [0.2, 0.25) is 0 Å². The monoisotopic (exact) mass is 324 g/mol. The molecule has 0 aromatic rings. The molecule has 2 amide bonds. The second-order valence-corrected chi connectivity index (χ2v) is 6.46. The zero-order valence-corrected chi connectivity index (χ0v) is 13.3. The zero-order valence-electron chi connectivity index (χ0n) is 13.3. The highest BCUT2D eigenvalue weighted by molar-refractivity contribution is 5.82. The highest BCUT2D eigenvalue weighted by atomic mass is 19.4. The highest BCUT2D eigenvalue weighted by Gasteiger charge is 2.45. The fraction of sp³-hybridized carbons (Fsp3) is 0.857. The number of ether oxygens (including phenoxy) is 1. The predicted octanol–water partition coefficient (Wildman–Crippen LogP) is 2.70. The van der Waals surface area contributed by atoms with E-state index in [4.69, 9.17) is 4.74 Å². The minimum atomic E-state index is -4.89. The van der Waals surface area contributed by atoms with Gasteiger partial charge in [-0.15, -0.1) is 0 Å². The lowest BCUT2D eigenvalue weighted by Gasteiger charge is -2.38. The van der Waals surface area contributed by atoms with E-state index in [9.17, 15) is 22.8 Å². The van der Waals surface area contributed by atoms with Gasteiger partial charge in [-0.2, -0.15) is 13.2 Å². The molecule has 8 heteroatoms. The summed E-state index contributed by atoms with van der Waals surface area (Å²) >= 11 is 0. The molecule has 2 atom stereocenters. The molecule has 1 aliphatic heterocycles. The normalized spacial score (nSPS) is 23.1. The highest BCUT2D eigenvalue weighted by Crippen LogP contribution is 2.26. The van der Waals surface area contributed by atoms with E-state index >= 15 is 0 Å². The Labute approximate surface area is 128 Å². The number of nitrogens with zero attached hydrogens (tertiary/aromatic N) is 1. The van der Waals surface area contributed by atoms with Crippen LogP contribution in [-0.2, 0) is 9.53 Å². The van der Waals surface area contributed by atoms with E-state index in [1.807, 2.05) is 6.92 Å². The molecule has 0 bridgehead atoms. The van der Waals surface area contributed by atoms with Crippen molar-refractivity contribution in [2.45, 2.75) is 58.4 Å². The smallest absolute Gasteiger partial charge is 0.444 e. The Kier molecular flexibility index (Phi) is 5.70. The van der Waals surface area contributed by atoms with E-state index in [0.717, 1.165) is 4.90 Å². The fourth-order valence-corrected chi connectivity index (χ4v) is 2.48. The summed E-state index contributed by atoms with van der Waals surface area (Å²) in [6, 6.07) is -0.542. The molecule has 1 saturated heterocycles. The quantitative estimate of drug-likeness (QED) is 0.849. The summed E-state index contributed by atoms with van der Waals surface area (Å²) in [5.74, 6) is -1.84. The second kappa shape index (κ2) is 6.75. The number of nitrogens with one attached hydrogen (secondary N) is 1. The Morgan fingerprint density at radius 2 is 1.86 bits per heavy atom. The molecule has 1 rings (SSSR count). The van der Waals surface area contributed by atoms with Crippen LogP contribution >= 0.6 is 0 Å². The maximum absolute atomic E-state index is 12.5. The molecule has 1 fully saturated rings. The molecule has 1 N–H and O–H groups in total. The number of carbonyl (C=O) groups is 2. The molecule has 1 aliphatic rings. The Morgan fingerprint density at radius 3 is 2.32 bits per heavy atom. The van der Waals surface area contributed by atoms with Gasteiger partial charge in [-0.05, 0) is 33.1 Å². The van der Waals surface area contributed by atoms with Gasteiger partial charge in [0.25, 0.3) is 0 Å². The van der Waals surface area contributed by atoms with E-state index in [2.05, 4.69) is 5.32 Å². The van der Waals surface area contributed by atoms with Crippen molar-refractivity contribution in [2.24, 2.45) is 5.92 Å². The molecule has 0 aromatic heterocycles. The first-order valence-corrected chi connectivity index (χ1v) is 7.29. The van der Waals surface area contributed by atoms with Crippen LogP contribution in [0.5, 0.6) is 0 Å². The lowest BCUT2D eigenvalue weighted by Crippen LogP contribution is -2.56. The molecule has 1 heterocycles. The molecular weight excluding hydrogens is 301 g/mol. The van der Waals surface area contributed by atoms with Gasteiger partial charge in [0.05, 0.1) is 6.04 Å². The van der Waals surface area contributed by atoms with Gasteiger partial charge in [-0.25, -0.2) is 4.79 Å². The maximum atomic E-state index is 12.5. The van der Waals surface area contributed by atoms with E-state index in [1.54, 1.807) is 20.8 Å². The lowest BCUT2D eigenvalue weighted by atomic mass is 9.89. The average molecular weight is 324 g/mol. The van der Waals surface area contributed by atoms with Gasteiger partial charge in [-0.1, -0.05) is 13.3 Å². The van der Waals surface area contributed by atoms with Crippen molar-refractivity contribution in [3.63, 3.8) is 0 Å². The molecular formula is C14H23F3N2O3. The molecule has 0 spiro atoms. The summed E-state index contributed by atoms with van der Waals surface area (Å²) in [4.78, 5) is 23.9. The minimum absolute atomic E-state index is 0.0183. The Morgan fingerprint density at radius 1 is 1.27 bits per heavy atom. The van der Waals surface area contributed by atoms with Gasteiger partial charge in [0.1, 0.15) is 5.60 Å². The zero-order chi connectivity index (χ0) is 17.1. The standard InChI is InChI=1S/C14H23F3N2O3/c1-5-9-6-7-19(11(20)14(15,16)17)8-10(9)18-12(21)22-13(2,3)4/h9-10H,5-8H2,1-4H3,(H,18,21). The van der Waals surface area contributed by atoms with Crippen LogP contribution < -0.4 is 5.32 Å². The van der Waals surface area contributed by atoms with E-state index in [0.29, 0.717) is 12.8 Å². The second-order valence-electron chi connectivity index (χ2n) is 6.46. The van der Waals surface area contributed by atoms with Gasteiger partial charge in [0.15, 0.2) is 0 Å². The largest absolute Gasteiger partial charge is 0.471 e. The average Bonchev–Trinajstić information content (AvgIpc) is 2.34. The number of halogens is 3. The number of hydrogen-bond donors (Lipinski definition) is 1. The third kappa shape index (κ3) is 5.38. The van der Waals surface area contributed by atoms with Crippen molar-refractivity contribution in [1.82, 2.24) is 10.2 Å². The van der Waals surface area contributed by atoms with E-state index < -0.39 is 29.8 Å². The summed E-state index contributed by atoms with van der Waals surface area (Å²) in [5, 5.41) is 2.59. The van der Waals surface area contributed by atoms with Crippen molar-refractivity contribution < 1.29 is 27.5 Å². The van der Waals surface area contributed by atoms with Crippen LogP contribution in [0.2, 0.25) is 0 Å². The van der Waals surface area contributed by atoms with Crippen LogP contribution in [0.25, 0.3) is 0 Å². The van der Waals surface area contributed by atoms with E-state index in [1.165, 1.54) is 0 Å². The van der Waals surface area contributed by atoms with Crippen molar-refractivity contribution in [2.75, 3.05) is 13.1 Å². The maximum Gasteiger partial charge on any atom is 0.471 e. The first kappa shape index (κ1) is 18.6. The predicted molar refractivity (Wildman–Crippen MR) is 74.2 cm³/mol. The van der Waals surface area contributed by atoms with Crippen molar-refractivity contribution in [1.29, 1.82) is 0 Å².